The first-order valence-electron chi connectivity index (χ1n) is 7.34. The van der Waals surface area contributed by atoms with Crippen LogP contribution in [0.2, 0.25) is 0 Å². The third-order valence-corrected chi connectivity index (χ3v) is 5.02. The summed E-state index contributed by atoms with van der Waals surface area (Å²) in [6.45, 7) is 0. The maximum atomic E-state index is 12.5. The van der Waals surface area contributed by atoms with E-state index in [4.69, 9.17) is 4.42 Å². The van der Waals surface area contributed by atoms with Gasteiger partial charge in [0.05, 0.1) is 15.5 Å². The van der Waals surface area contributed by atoms with E-state index in [-0.39, 0.29) is 22.0 Å². The third kappa shape index (κ3) is 3.09. The van der Waals surface area contributed by atoms with Crippen molar-refractivity contribution in [2.45, 2.75) is 4.90 Å². The Bertz CT molecular complexity index is 1150. The molecule has 2 aromatic carbocycles. The van der Waals surface area contributed by atoms with Crippen LogP contribution in [0.25, 0.3) is 11.0 Å². The Hall–Kier alpha value is -3.40. The zero-order chi connectivity index (χ0) is 18.9. The number of nitro groups is 1. The molecule has 1 aromatic heterocycles. The number of fused-ring (bicyclic) bond motifs is 1. The fourth-order valence-electron chi connectivity index (χ4n) is 2.44. The molecule has 0 amide bonds. The molecule has 0 aliphatic rings. The van der Waals surface area contributed by atoms with Crippen molar-refractivity contribution in [3.8, 4) is 0 Å². The number of hydrogen-bond acceptors (Lipinski definition) is 7. The lowest BCUT2D eigenvalue weighted by molar-refractivity contribution is -0.384. The molecule has 0 spiro atoms. The zero-order valence-corrected chi connectivity index (χ0v) is 14.2. The summed E-state index contributed by atoms with van der Waals surface area (Å²) in [5, 5.41) is 14.0. The maximum Gasteiger partial charge on any atom is 0.363 e. The minimum atomic E-state index is -4.15. The van der Waals surface area contributed by atoms with Gasteiger partial charge in [0, 0.05) is 24.6 Å². The van der Waals surface area contributed by atoms with Crippen molar-refractivity contribution >= 4 is 38.1 Å². The number of nitrogens with one attached hydrogen (secondary N) is 2. The molecule has 134 valence electrons. The number of sulfonamides is 1. The van der Waals surface area contributed by atoms with Crippen LogP contribution < -0.4 is 15.7 Å². The van der Waals surface area contributed by atoms with Crippen molar-refractivity contribution in [1.29, 1.82) is 0 Å². The molecule has 26 heavy (non-hydrogen) atoms. The molecular formula is C16H13N3O6S. The summed E-state index contributed by atoms with van der Waals surface area (Å²) >= 11 is 0. The average molecular weight is 375 g/mol. The lowest BCUT2D eigenvalue weighted by Gasteiger charge is -2.13. The first kappa shape index (κ1) is 17.4. The van der Waals surface area contributed by atoms with E-state index in [9.17, 15) is 23.3 Å². The first-order chi connectivity index (χ1) is 12.3. The molecule has 0 unspecified atom stereocenters. The Morgan fingerprint density at radius 3 is 2.31 bits per heavy atom. The van der Waals surface area contributed by atoms with Gasteiger partial charge < -0.3 is 9.73 Å². The Balaban J connectivity index is 2.08. The fraction of sp³-hybridized carbons (Fsp3) is 0.0625. The molecular weight excluding hydrogens is 362 g/mol. The maximum absolute atomic E-state index is 12.5. The number of non-ortho nitro benzene ring substituents is 1. The van der Waals surface area contributed by atoms with E-state index < -0.39 is 20.6 Å². The number of benzene rings is 2. The summed E-state index contributed by atoms with van der Waals surface area (Å²) in [7, 11) is -2.61. The van der Waals surface area contributed by atoms with Crippen molar-refractivity contribution in [2.75, 3.05) is 17.1 Å². The lowest BCUT2D eigenvalue weighted by atomic mass is 10.2. The molecule has 3 aromatic rings. The summed E-state index contributed by atoms with van der Waals surface area (Å²) < 4.78 is 32.5. The molecule has 0 radical (unpaired) electrons. The van der Waals surface area contributed by atoms with E-state index in [1.165, 1.54) is 0 Å². The third-order valence-electron chi connectivity index (χ3n) is 3.66. The topological polar surface area (TPSA) is 132 Å². The van der Waals surface area contributed by atoms with Crippen LogP contribution in [0, 0.1) is 10.1 Å². The van der Waals surface area contributed by atoms with Crippen molar-refractivity contribution < 1.29 is 17.8 Å². The van der Waals surface area contributed by atoms with E-state index in [1.807, 2.05) is 0 Å². The first-order valence-corrected chi connectivity index (χ1v) is 8.82. The van der Waals surface area contributed by atoms with Crippen LogP contribution in [-0.2, 0) is 10.0 Å². The summed E-state index contributed by atoms with van der Waals surface area (Å²) in [6.07, 6.45) is 0. The van der Waals surface area contributed by atoms with Crippen molar-refractivity contribution in [2.24, 2.45) is 0 Å². The van der Waals surface area contributed by atoms with E-state index >= 15 is 0 Å². The Morgan fingerprint density at radius 2 is 1.69 bits per heavy atom. The highest BCUT2D eigenvalue weighted by molar-refractivity contribution is 7.92. The van der Waals surface area contributed by atoms with Gasteiger partial charge in [0.1, 0.15) is 5.58 Å². The number of nitrogens with zero attached hydrogens (tertiary/aromatic N) is 1. The normalized spacial score (nSPS) is 11.3. The molecule has 0 bridgehead atoms. The van der Waals surface area contributed by atoms with E-state index in [0.29, 0.717) is 11.0 Å². The van der Waals surface area contributed by atoms with Crippen molar-refractivity contribution in [3.05, 3.63) is 69.1 Å². The van der Waals surface area contributed by atoms with Crippen molar-refractivity contribution in [1.82, 2.24) is 0 Å². The van der Waals surface area contributed by atoms with Crippen molar-refractivity contribution in [3.63, 3.8) is 0 Å². The molecule has 0 fully saturated rings. The second-order valence-corrected chi connectivity index (χ2v) is 6.92. The Morgan fingerprint density at radius 1 is 1.04 bits per heavy atom. The molecule has 0 aliphatic heterocycles. The second kappa shape index (κ2) is 6.48. The Kier molecular flexibility index (Phi) is 4.34. The number of anilines is 2. The number of nitro benzene ring substituents is 1. The smallest absolute Gasteiger partial charge is 0.363 e. The van der Waals surface area contributed by atoms with Crippen LogP contribution in [-0.4, -0.2) is 20.4 Å². The summed E-state index contributed by atoms with van der Waals surface area (Å²) in [4.78, 5) is 22.1. The van der Waals surface area contributed by atoms with Crippen LogP contribution in [0.1, 0.15) is 0 Å². The van der Waals surface area contributed by atoms with Crippen LogP contribution in [0.3, 0.4) is 0 Å². The van der Waals surface area contributed by atoms with E-state index in [0.717, 1.165) is 24.3 Å². The monoisotopic (exact) mass is 375 g/mol. The van der Waals surface area contributed by atoms with Crippen LogP contribution in [0.5, 0.6) is 0 Å². The van der Waals surface area contributed by atoms with Gasteiger partial charge in [-0.2, -0.15) is 0 Å². The van der Waals surface area contributed by atoms with Crippen LogP contribution in [0.4, 0.5) is 17.1 Å². The quantitative estimate of drug-likeness (QED) is 0.398. The predicted octanol–water partition coefficient (Wildman–Crippen LogP) is 2.54. The molecule has 9 nitrogen and oxygen atoms in total. The van der Waals surface area contributed by atoms with Gasteiger partial charge in [-0.05, 0) is 24.3 Å². The standard InChI is InChI=1S/C16H13N3O6S/c1-17-14-12-4-2-3-5-13(12)25-16(20)15(14)18-26(23,24)11-8-6-10(7-9-11)19(21)22/h2-9,17-18H,1H3. The van der Waals surface area contributed by atoms with Gasteiger partial charge in [0.2, 0.25) is 0 Å². The van der Waals surface area contributed by atoms with Gasteiger partial charge in [-0.25, -0.2) is 13.2 Å². The van der Waals surface area contributed by atoms with Gasteiger partial charge in [0.15, 0.2) is 5.69 Å². The lowest BCUT2D eigenvalue weighted by Crippen LogP contribution is -2.20. The zero-order valence-electron chi connectivity index (χ0n) is 13.4. The number of rotatable bonds is 5. The molecule has 0 saturated carbocycles. The molecule has 0 atom stereocenters. The molecule has 2 N–H and O–H groups in total. The summed E-state index contributed by atoms with van der Waals surface area (Å²) in [5.74, 6) is 0. The minimum Gasteiger partial charge on any atom is -0.421 e. The highest BCUT2D eigenvalue weighted by Gasteiger charge is 2.22. The minimum absolute atomic E-state index is 0.224. The molecule has 0 aliphatic carbocycles. The van der Waals surface area contributed by atoms with Gasteiger partial charge in [-0.15, -0.1) is 0 Å². The largest absolute Gasteiger partial charge is 0.421 e. The second-order valence-electron chi connectivity index (χ2n) is 5.24. The average Bonchev–Trinajstić information content (AvgIpc) is 2.62. The van der Waals surface area contributed by atoms with Crippen LogP contribution in [0.15, 0.2) is 62.6 Å². The molecule has 1 heterocycles. The van der Waals surface area contributed by atoms with Gasteiger partial charge >= 0.3 is 5.63 Å². The molecule has 0 saturated heterocycles. The number of hydrogen-bond donors (Lipinski definition) is 2. The van der Waals surface area contributed by atoms with E-state index in [1.54, 1.807) is 31.3 Å². The highest BCUT2D eigenvalue weighted by Crippen LogP contribution is 2.29. The molecule has 3 rings (SSSR count). The van der Waals surface area contributed by atoms with Gasteiger partial charge in [-0.3, -0.25) is 14.8 Å². The van der Waals surface area contributed by atoms with Crippen LogP contribution >= 0.6 is 0 Å². The van der Waals surface area contributed by atoms with Gasteiger partial charge in [-0.1, -0.05) is 12.1 Å². The summed E-state index contributed by atoms with van der Waals surface area (Å²) in [6, 6.07) is 11.0. The fourth-order valence-corrected chi connectivity index (χ4v) is 3.51. The van der Waals surface area contributed by atoms with Gasteiger partial charge in [0.25, 0.3) is 15.7 Å². The number of para-hydroxylation sites is 1. The molecule has 10 heteroatoms. The SMILES string of the molecule is CNc1c(NS(=O)(=O)c2ccc([N+](=O)[O-])cc2)c(=O)oc2ccccc12. The highest BCUT2D eigenvalue weighted by atomic mass is 32.2. The van der Waals surface area contributed by atoms with E-state index in [2.05, 4.69) is 10.0 Å². The predicted molar refractivity (Wildman–Crippen MR) is 95.9 cm³/mol. The Labute approximate surface area is 147 Å². The summed E-state index contributed by atoms with van der Waals surface area (Å²) in [5.41, 5.74) is -0.810.